The van der Waals surface area contributed by atoms with Crippen molar-refractivity contribution in [1.82, 2.24) is 0 Å². The van der Waals surface area contributed by atoms with Crippen molar-refractivity contribution in [3.05, 3.63) is 0 Å². The van der Waals surface area contributed by atoms with E-state index < -0.39 is 0 Å². The Balaban J connectivity index is 4.89. The van der Waals surface area contributed by atoms with Crippen LogP contribution in [0.15, 0.2) is 0 Å². The molecule has 0 fully saturated rings. The molecule has 0 saturated carbocycles. The predicted octanol–water partition coefficient (Wildman–Crippen LogP) is 5.62. The van der Waals surface area contributed by atoms with Gasteiger partial charge < -0.3 is 0 Å². The highest BCUT2D eigenvalue weighted by molar-refractivity contribution is 6.63. The van der Waals surface area contributed by atoms with Gasteiger partial charge in [-0.15, -0.1) is 6.71 Å². The van der Waals surface area contributed by atoms with Crippen molar-refractivity contribution in [1.29, 1.82) is 0 Å². The molecule has 0 aliphatic carbocycles. The van der Waals surface area contributed by atoms with Gasteiger partial charge in [-0.1, -0.05) is 80.1 Å². The normalized spacial score (nSPS) is 18.6. The summed E-state index contributed by atoms with van der Waals surface area (Å²) in [5.74, 6) is 4.88. The molecule has 0 bridgehead atoms. The van der Waals surface area contributed by atoms with Gasteiger partial charge in [0.15, 0.2) is 0 Å². The van der Waals surface area contributed by atoms with E-state index in [1.807, 2.05) is 0 Å². The van der Waals surface area contributed by atoms with Crippen LogP contribution in [0.25, 0.3) is 0 Å². The van der Waals surface area contributed by atoms with E-state index >= 15 is 0 Å². The van der Waals surface area contributed by atoms with Gasteiger partial charge in [-0.2, -0.15) is 17.5 Å². The first-order valence-electron chi connectivity index (χ1n) is 7.20. The van der Waals surface area contributed by atoms with E-state index in [0.29, 0.717) is 0 Å². The molecule has 1 heteroatoms. The van der Waals surface area contributed by atoms with Crippen molar-refractivity contribution in [2.24, 2.45) is 17.8 Å². The van der Waals surface area contributed by atoms with Gasteiger partial charge in [0.2, 0.25) is 0 Å². The summed E-state index contributed by atoms with van der Waals surface area (Å²) < 4.78 is 0. The van der Waals surface area contributed by atoms with Crippen molar-refractivity contribution >= 4 is 6.71 Å². The third-order valence-corrected chi connectivity index (χ3v) is 4.98. The zero-order valence-electron chi connectivity index (χ0n) is 13.0. The molecule has 0 nitrogen and oxygen atoms in total. The third-order valence-electron chi connectivity index (χ3n) is 4.98. The molecule has 0 aliphatic heterocycles. The van der Waals surface area contributed by atoms with Gasteiger partial charge in [-0.25, -0.2) is 0 Å². The molecule has 0 spiro atoms. The van der Waals surface area contributed by atoms with E-state index in [0.717, 1.165) is 41.9 Å². The highest BCUT2D eigenvalue weighted by atomic mass is 14.2. The fraction of sp³-hybridized carbons (Fsp3) is 1.00. The third kappa shape index (κ3) is 4.15. The second kappa shape index (κ2) is 6.72. The van der Waals surface area contributed by atoms with Crippen LogP contribution in [-0.2, 0) is 0 Å². The van der Waals surface area contributed by atoms with E-state index in [2.05, 4.69) is 62.3 Å². The standard InChI is InChI=1S/C15H33B/c1-10(2)13(7)16(14(8)11(3)4)15(9)12(5)6/h10-15H,1-9H3/q-1. The Morgan fingerprint density at radius 3 is 0.750 bits per heavy atom. The number of hydrogen-bond donors (Lipinski definition) is 0. The summed E-state index contributed by atoms with van der Waals surface area (Å²) >= 11 is 0. The first-order chi connectivity index (χ1) is 7.20. The highest BCUT2D eigenvalue weighted by Gasteiger charge is 2.23. The van der Waals surface area contributed by atoms with Crippen molar-refractivity contribution in [2.45, 2.75) is 79.8 Å². The van der Waals surface area contributed by atoms with Crippen LogP contribution in [0.3, 0.4) is 0 Å². The lowest BCUT2D eigenvalue weighted by molar-refractivity contribution is 0.518. The molecule has 0 N–H and O–H groups in total. The van der Waals surface area contributed by atoms with Crippen LogP contribution in [0, 0.1) is 17.8 Å². The van der Waals surface area contributed by atoms with Crippen LogP contribution in [0.4, 0.5) is 0 Å². The Hall–Kier alpha value is 0.0649. The zero-order chi connectivity index (χ0) is 13.0. The molecule has 0 rings (SSSR count). The Bertz CT molecular complexity index is 151. The second-order valence-corrected chi connectivity index (χ2v) is 6.89. The molecular formula is C15H33B-. The molecule has 16 heavy (non-hydrogen) atoms. The molecule has 3 atom stereocenters. The van der Waals surface area contributed by atoms with Crippen LogP contribution in [0.2, 0.25) is 17.5 Å². The number of rotatable bonds is 6. The van der Waals surface area contributed by atoms with Crippen molar-refractivity contribution in [2.75, 3.05) is 0 Å². The molecular weight excluding hydrogens is 191 g/mol. The van der Waals surface area contributed by atoms with Crippen LogP contribution in [-0.4, -0.2) is 6.71 Å². The summed E-state index contributed by atoms with van der Waals surface area (Å²) in [5, 5.41) is 0. The molecule has 0 aromatic rings. The van der Waals surface area contributed by atoms with Crippen LogP contribution in [0.1, 0.15) is 62.3 Å². The van der Waals surface area contributed by atoms with E-state index in [-0.39, 0.29) is 0 Å². The highest BCUT2D eigenvalue weighted by Crippen LogP contribution is 2.41. The minimum absolute atomic E-state index is 0.799. The lowest BCUT2D eigenvalue weighted by atomic mass is 9.25. The fourth-order valence-corrected chi connectivity index (χ4v) is 2.77. The van der Waals surface area contributed by atoms with Crippen molar-refractivity contribution in [3.63, 3.8) is 0 Å². The molecule has 97 valence electrons. The molecule has 0 amide bonds. The van der Waals surface area contributed by atoms with Gasteiger partial charge in [0, 0.05) is 0 Å². The molecule has 3 unspecified atom stereocenters. The molecule has 0 heterocycles. The fourth-order valence-electron chi connectivity index (χ4n) is 2.77. The Kier molecular flexibility index (Phi) is 6.74. The number of hydrogen-bond acceptors (Lipinski definition) is 0. The molecule has 1 radical (unpaired) electrons. The van der Waals surface area contributed by atoms with Crippen LogP contribution in [0.5, 0.6) is 0 Å². The molecule has 0 aromatic heterocycles. The van der Waals surface area contributed by atoms with Crippen molar-refractivity contribution in [3.8, 4) is 0 Å². The Labute approximate surface area is 105 Å². The summed E-state index contributed by atoms with van der Waals surface area (Å²) in [6, 6.07) is 0. The summed E-state index contributed by atoms with van der Waals surface area (Å²) in [7, 11) is 0. The van der Waals surface area contributed by atoms with Gasteiger partial charge in [-0.3, -0.25) is 0 Å². The minimum Gasteiger partial charge on any atom is -0.197 e. The van der Waals surface area contributed by atoms with Gasteiger partial charge >= 0.3 is 0 Å². The maximum Gasteiger partial charge on any atom is -0.0656 e. The first kappa shape index (κ1) is 16.1. The summed E-state index contributed by atoms with van der Waals surface area (Å²) in [5.41, 5.74) is 0. The SMILES string of the molecule is CC(C)C(C)[B-](C(C)C(C)C)C(C)C(C)C. The van der Waals surface area contributed by atoms with Gasteiger partial charge in [0.05, 0.1) is 0 Å². The molecule has 0 aliphatic rings. The summed E-state index contributed by atoms with van der Waals surface area (Å²) in [4.78, 5) is 0. The van der Waals surface area contributed by atoms with Gasteiger partial charge in [0.25, 0.3) is 0 Å². The molecule has 0 saturated heterocycles. The quantitative estimate of drug-likeness (QED) is 0.513. The smallest absolute Gasteiger partial charge is 0.0656 e. The maximum absolute atomic E-state index is 2.45. The predicted molar refractivity (Wildman–Crippen MR) is 78.5 cm³/mol. The second-order valence-electron chi connectivity index (χ2n) is 6.89. The zero-order valence-corrected chi connectivity index (χ0v) is 13.0. The van der Waals surface area contributed by atoms with Crippen LogP contribution < -0.4 is 0 Å². The lowest BCUT2D eigenvalue weighted by Gasteiger charge is -2.50. The molecule has 0 aromatic carbocycles. The van der Waals surface area contributed by atoms with Crippen molar-refractivity contribution < 1.29 is 0 Å². The monoisotopic (exact) mass is 224 g/mol. The average Bonchev–Trinajstić information content (AvgIpc) is 2.16. The Morgan fingerprint density at radius 2 is 0.625 bits per heavy atom. The summed E-state index contributed by atoms with van der Waals surface area (Å²) in [6.07, 6.45) is 0. The Morgan fingerprint density at radius 1 is 0.438 bits per heavy atom. The largest absolute Gasteiger partial charge is 0.197 e. The van der Waals surface area contributed by atoms with E-state index in [4.69, 9.17) is 0 Å². The minimum atomic E-state index is 0.799. The lowest BCUT2D eigenvalue weighted by Crippen LogP contribution is -2.35. The van der Waals surface area contributed by atoms with E-state index in [1.165, 1.54) is 0 Å². The van der Waals surface area contributed by atoms with E-state index in [9.17, 15) is 0 Å². The van der Waals surface area contributed by atoms with Crippen LogP contribution >= 0.6 is 0 Å². The first-order valence-corrected chi connectivity index (χ1v) is 7.20. The average molecular weight is 224 g/mol. The summed E-state index contributed by atoms with van der Waals surface area (Å²) in [6.45, 7) is 22.5. The van der Waals surface area contributed by atoms with Gasteiger partial charge in [0.1, 0.15) is 0 Å². The maximum atomic E-state index is 2.45. The topological polar surface area (TPSA) is 0 Å². The van der Waals surface area contributed by atoms with E-state index in [1.54, 1.807) is 0 Å². The van der Waals surface area contributed by atoms with Gasteiger partial charge in [-0.05, 0) is 0 Å².